The maximum Gasteiger partial charge on any atom is 0.240 e. The molecule has 84 valence electrons. The smallest absolute Gasteiger partial charge is 0.239 e. The molecule has 0 radical (unpaired) electrons. The van der Waals surface area contributed by atoms with Crippen LogP contribution in [-0.4, -0.2) is 18.2 Å². The second-order valence-electron chi connectivity index (χ2n) is 3.12. The zero-order chi connectivity index (χ0) is 11.8. The van der Waals surface area contributed by atoms with Gasteiger partial charge in [0, 0.05) is 6.20 Å². The first-order chi connectivity index (χ1) is 7.48. The zero-order valence-electron chi connectivity index (χ0n) is 8.04. The minimum atomic E-state index is -3.74. The van der Waals surface area contributed by atoms with Gasteiger partial charge in [0.05, 0.1) is 15.5 Å². The number of para-hydroxylation sites is 1. The second kappa shape index (κ2) is 4.15. The average Bonchev–Trinajstić information content (AvgIpc) is 2.64. The Labute approximate surface area is 106 Å². The monoisotopic (exact) mass is 349 g/mol. The van der Waals surface area contributed by atoms with Gasteiger partial charge in [-0.15, -0.1) is 0 Å². The lowest BCUT2D eigenvalue weighted by Crippen LogP contribution is -2.15. The van der Waals surface area contributed by atoms with Crippen molar-refractivity contribution in [2.24, 2.45) is 5.14 Å². The van der Waals surface area contributed by atoms with Crippen molar-refractivity contribution in [1.29, 1.82) is 0 Å². The summed E-state index contributed by atoms with van der Waals surface area (Å²) < 4.78 is 25.1. The van der Waals surface area contributed by atoms with Crippen LogP contribution in [0.2, 0.25) is 0 Å². The van der Waals surface area contributed by atoms with Gasteiger partial charge >= 0.3 is 0 Å². The van der Waals surface area contributed by atoms with E-state index in [2.05, 4.69) is 27.7 Å². The summed E-state index contributed by atoms with van der Waals surface area (Å²) in [4.78, 5) is 0.0644. The SMILES string of the molecule is NS(=O)(=O)c1ccccc1-n1cc(I)cn1. The third-order valence-corrected chi connectivity index (χ3v) is 3.49. The number of benzene rings is 1. The minimum Gasteiger partial charge on any atom is -0.239 e. The van der Waals surface area contributed by atoms with Gasteiger partial charge in [-0.05, 0) is 34.7 Å². The van der Waals surface area contributed by atoms with Crippen LogP contribution in [-0.2, 0) is 10.0 Å². The molecule has 0 fully saturated rings. The van der Waals surface area contributed by atoms with Gasteiger partial charge in [-0.3, -0.25) is 0 Å². The van der Waals surface area contributed by atoms with E-state index in [1.165, 1.54) is 10.7 Å². The highest BCUT2D eigenvalue weighted by atomic mass is 127. The molecule has 7 heteroatoms. The molecule has 0 atom stereocenters. The highest BCUT2D eigenvalue weighted by Crippen LogP contribution is 2.18. The highest BCUT2D eigenvalue weighted by Gasteiger charge is 2.14. The first kappa shape index (κ1) is 11.6. The largest absolute Gasteiger partial charge is 0.240 e. The van der Waals surface area contributed by atoms with Crippen LogP contribution in [0.15, 0.2) is 41.6 Å². The first-order valence-electron chi connectivity index (χ1n) is 4.31. The zero-order valence-corrected chi connectivity index (χ0v) is 11.0. The number of rotatable bonds is 2. The Balaban J connectivity index is 2.66. The molecule has 0 aliphatic rings. The topological polar surface area (TPSA) is 78.0 Å². The molecular formula is C9H8IN3O2S. The van der Waals surface area contributed by atoms with Crippen molar-refractivity contribution in [3.8, 4) is 5.69 Å². The summed E-state index contributed by atoms with van der Waals surface area (Å²) in [7, 11) is -3.74. The summed E-state index contributed by atoms with van der Waals surface area (Å²) in [6.45, 7) is 0. The van der Waals surface area contributed by atoms with Gasteiger partial charge in [-0.2, -0.15) is 5.10 Å². The van der Waals surface area contributed by atoms with E-state index in [-0.39, 0.29) is 4.90 Å². The van der Waals surface area contributed by atoms with Crippen molar-refractivity contribution in [3.63, 3.8) is 0 Å². The lowest BCUT2D eigenvalue weighted by molar-refractivity contribution is 0.596. The van der Waals surface area contributed by atoms with Crippen molar-refractivity contribution in [2.45, 2.75) is 4.90 Å². The normalized spacial score (nSPS) is 11.6. The van der Waals surface area contributed by atoms with Crippen LogP contribution in [0.4, 0.5) is 0 Å². The molecule has 1 aromatic carbocycles. The van der Waals surface area contributed by atoms with Gasteiger partial charge in [0.25, 0.3) is 0 Å². The number of aromatic nitrogens is 2. The Morgan fingerprint density at radius 1 is 1.31 bits per heavy atom. The summed E-state index contributed by atoms with van der Waals surface area (Å²) in [6, 6.07) is 6.47. The predicted molar refractivity (Wildman–Crippen MR) is 67.7 cm³/mol. The van der Waals surface area contributed by atoms with Crippen LogP contribution in [0.1, 0.15) is 0 Å². The van der Waals surface area contributed by atoms with Crippen LogP contribution < -0.4 is 5.14 Å². The molecular weight excluding hydrogens is 341 g/mol. The van der Waals surface area contributed by atoms with E-state index in [1.54, 1.807) is 30.6 Å². The van der Waals surface area contributed by atoms with Crippen LogP contribution >= 0.6 is 22.6 Å². The van der Waals surface area contributed by atoms with E-state index in [0.717, 1.165) is 3.57 Å². The van der Waals surface area contributed by atoms with E-state index in [0.29, 0.717) is 5.69 Å². The molecule has 0 saturated heterocycles. The number of primary sulfonamides is 1. The van der Waals surface area contributed by atoms with E-state index >= 15 is 0 Å². The van der Waals surface area contributed by atoms with Crippen LogP contribution in [0, 0.1) is 3.57 Å². The molecule has 2 rings (SSSR count). The maximum atomic E-state index is 11.4. The minimum absolute atomic E-state index is 0.0644. The van der Waals surface area contributed by atoms with Gasteiger partial charge in [-0.1, -0.05) is 12.1 Å². The van der Waals surface area contributed by atoms with E-state index < -0.39 is 10.0 Å². The molecule has 0 amide bonds. The molecule has 1 aromatic heterocycles. The Morgan fingerprint density at radius 2 is 2.00 bits per heavy atom. The quantitative estimate of drug-likeness (QED) is 0.826. The van der Waals surface area contributed by atoms with E-state index in [9.17, 15) is 8.42 Å². The van der Waals surface area contributed by atoms with Gasteiger partial charge < -0.3 is 0 Å². The molecule has 16 heavy (non-hydrogen) atoms. The van der Waals surface area contributed by atoms with Crippen LogP contribution in [0.25, 0.3) is 5.69 Å². The summed E-state index contributed by atoms with van der Waals surface area (Å²) in [6.07, 6.45) is 3.37. The Bertz CT molecular complexity index is 621. The van der Waals surface area contributed by atoms with Gasteiger partial charge in [0.2, 0.25) is 10.0 Å². The molecule has 2 aromatic rings. The molecule has 0 saturated carbocycles. The average molecular weight is 349 g/mol. The number of nitrogens with two attached hydrogens (primary N) is 1. The van der Waals surface area contributed by atoms with Crippen molar-refractivity contribution >= 4 is 32.6 Å². The van der Waals surface area contributed by atoms with Gasteiger partial charge in [0.15, 0.2) is 0 Å². The van der Waals surface area contributed by atoms with Crippen LogP contribution in [0.5, 0.6) is 0 Å². The summed E-state index contributed by atoms with van der Waals surface area (Å²) >= 11 is 2.10. The number of sulfonamides is 1. The number of nitrogens with zero attached hydrogens (tertiary/aromatic N) is 2. The van der Waals surface area contributed by atoms with Crippen molar-refractivity contribution in [2.75, 3.05) is 0 Å². The fourth-order valence-corrected chi connectivity index (χ4v) is 2.43. The molecule has 0 bridgehead atoms. The molecule has 0 spiro atoms. The molecule has 2 N–H and O–H groups in total. The number of hydrogen-bond donors (Lipinski definition) is 1. The summed E-state index contributed by atoms with van der Waals surface area (Å²) in [5.41, 5.74) is 0.452. The summed E-state index contributed by atoms with van der Waals surface area (Å²) in [5, 5.41) is 9.18. The number of halogens is 1. The fraction of sp³-hybridized carbons (Fsp3) is 0. The third kappa shape index (κ3) is 2.25. The first-order valence-corrected chi connectivity index (χ1v) is 6.93. The number of hydrogen-bond acceptors (Lipinski definition) is 3. The van der Waals surface area contributed by atoms with Crippen molar-refractivity contribution in [1.82, 2.24) is 9.78 Å². The van der Waals surface area contributed by atoms with Crippen LogP contribution in [0.3, 0.4) is 0 Å². The Hall–Kier alpha value is -0.930. The molecule has 5 nitrogen and oxygen atoms in total. The van der Waals surface area contributed by atoms with E-state index in [1.807, 2.05) is 0 Å². The standard InChI is InChI=1S/C9H8IN3O2S/c10-7-5-12-13(6-7)8-3-1-2-4-9(8)16(11,14)15/h1-6H,(H2,11,14,15). The lowest BCUT2D eigenvalue weighted by Gasteiger charge is -2.06. The molecule has 1 heterocycles. The molecule has 0 aliphatic heterocycles. The highest BCUT2D eigenvalue weighted by molar-refractivity contribution is 14.1. The fourth-order valence-electron chi connectivity index (χ4n) is 1.32. The Kier molecular flexibility index (Phi) is 3.00. The Morgan fingerprint density at radius 3 is 2.56 bits per heavy atom. The van der Waals surface area contributed by atoms with Gasteiger partial charge in [0.1, 0.15) is 4.90 Å². The molecule has 0 aliphatic carbocycles. The molecule has 0 unspecified atom stereocenters. The lowest BCUT2D eigenvalue weighted by atomic mass is 10.3. The van der Waals surface area contributed by atoms with Gasteiger partial charge in [-0.25, -0.2) is 18.2 Å². The van der Waals surface area contributed by atoms with E-state index in [4.69, 9.17) is 5.14 Å². The van der Waals surface area contributed by atoms with Crippen molar-refractivity contribution in [3.05, 3.63) is 40.2 Å². The predicted octanol–water partition coefficient (Wildman–Crippen LogP) is 1.12. The van der Waals surface area contributed by atoms with Crippen molar-refractivity contribution < 1.29 is 8.42 Å². The second-order valence-corrected chi connectivity index (χ2v) is 5.89. The summed E-state index contributed by atoms with van der Waals surface area (Å²) in [5.74, 6) is 0. The maximum absolute atomic E-state index is 11.4. The third-order valence-electron chi connectivity index (χ3n) is 1.97.